The number of hydrogen-bond donors (Lipinski definition) is 1. The maximum Gasteiger partial charge on any atom is 0.0769 e. The first-order valence-corrected chi connectivity index (χ1v) is 5.86. The van der Waals surface area contributed by atoms with Crippen LogP contribution in [0.3, 0.4) is 0 Å². The molecule has 0 aromatic heterocycles. The van der Waals surface area contributed by atoms with Gasteiger partial charge in [0.2, 0.25) is 0 Å². The van der Waals surface area contributed by atoms with Crippen molar-refractivity contribution in [2.75, 3.05) is 13.1 Å². The Balaban J connectivity index is 2.75. The molecular weight excluding hydrogens is 184 g/mol. The normalized spacial score (nSPS) is 29.1. The maximum absolute atomic E-state index is 5.61. The molecule has 1 N–H and O–H groups in total. The molecule has 0 bridgehead atoms. The lowest BCUT2D eigenvalue weighted by molar-refractivity contribution is 0.0609. The Kier molecular flexibility index (Phi) is 3.81. The predicted molar refractivity (Wildman–Crippen MR) is 65.7 cm³/mol. The number of piperazine rings is 1. The summed E-state index contributed by atoms with van der Waals surface area (Å²) in [6.45, 7) is 13.1. The van der Waals surface area contributed by atoms with Gasteiger partial charge in [-0.05, 0) is 26.7 Å². The zero-order valence-electron chi connectivity index (χ0n) is 10.7. The smallest absolute Gasteiger partial charge is 0.0769 e. The second-order valence-electron chi connectivity index (χ2n) is 5.46. The van der Waals surface area contributed by atoms with Crippen LogP contribution < -0.4 is 5.32 Å². The van der Waals surface area contributed by atoms with Gasteiger partial charge in [-0.1, -0.05) is 19.8 Å². The highest BCUT2D eigenvalue weighted by Crippen LogP contribution is 2.21. The van der Waals surface area contributed by atoms with Crippen LogP contribution in [0.1, 0.15) is 34.6 Å². The summed E-state index contributed by atoms with van der Waals surface area (Å²) in [6, 6.07) is 1.08. The molecule has 1 saturated heterocycles. The molecule has 0 aromatic rings. The predicted octanol–water partition coefficient (Wildman–Crippen LogP) is 1.72. The molecule has 0 radical (unpaired) electrons. The van der Waals surface area contributed by atoms with Crippen LogP contribution in [0.5, 0.6) is 0 Å². The zero-order chi connectivity index (χ0) is 11.6. The van der Waals surface area contributed by atoms with Gasteiger partial charge in [0.15, 0.2) is 0 Å². The Morgan fingerprint density at radius 2 is 2.07 bits per heavy atom. The van der Waals surface area contributed by atoms with Gasteiger partial charge in [0.1, 0.15) is 0 Å². The van der Waals surface area contributed by atoms with E-state index in [0.29, 0.717) is 18.0 Å². The molecule has 0 aliphatic carbocycles. The Morgan fingerprint density at radius 3 is 2.53 bits per heavy atom. The van der Waals surface area contributed by atoms with Crippen LogP contribution in [0.25, 0.3) is 0 Å². The van der Waals surface area contributed by atoms with E-state index in [2.05, 4.69) is 50.8 Å². The van der Waals surface area contributed by atoms with E-state index in [0.717, 1.165) is 13.1 Å². The van der Waals surface area contributed by atoms with Crippen molar-refractivity contribution in [3.63, 3.8) is 0 Å². The highest BCUT2D eigenvalue weighted by molar-refractivity contribution is 5.11. The maximum atomic E-state index is 5.61. The molecule has 2 nitrogen and oxygen atoms in total. The van der Waals surface area contributed by atoms with Crippen molar-refractivity contribution in [1.82, 2.24) is 10.2 Å². The summed E-state index contributed by atoms with van der Waals surface area (Å²) < 4.78 is 0. The fourth-order valence-corrected chi connectivity index (χ4v) is 2.20. The van der Waals surface area contributed by atoms with E-state index in [9.17, 15) is 0 Å². The van der Waals surface area contributed by atoms with Crippen LogP contribution in [0.4, 0.5) is 0 Å². The van der Waals surface area contributed by atoms with E-state index in [1.54, 1.807) is 0 Å². The number of rotatable bonds is 2. The van der Waals surface area contributed by atoms with Crippen LogP contribution in [0.2, 0.25) is 0 Å². The van der Waals surface area contributed by atoms with E-state index in [4.69, 9.17) is 6.42 Å². The topological polar surface area (TPSA) is 15.3 Å². The fourth-order valence-electron chi connectivity index (χ4n) is 2.20. The van der Waals surface area contributed by atoms with Crippen LogP contribution in [-0.4, -0.2) is 35.6 Å². The van der Waals surface area contributed by atoms with Gasteiger partial charge in [-0.15, -0.1) is 6.42 Å². The lowest BCUT2D eigenvalue weighted by Crippen LogP contribution is -2.62. The van der Waals surface area contributed by atoms with Gasteiger partial charge in [-0.25, -0.2) is 0 Å². The number of nitrogens with one attached hydrogen (secondary N) is 1. The molecule has 1 fully saturated rings. The van der Waals surface area contributed by atoms with Crippen molar-refractivity contribution in [2.24, 2.45) is 5.92 Å². The second kappa shape index (κ2) is 4.55. The first-order valence-electron chi connectivity index (χ1n) is 5.86. The summed E-state index contributed by atoms with van der Waals surface area (Å²) in [7, 11) is 0. The monoisotopic (exact) mass is 208 g/mol. The van der Waals surface area contributed by atoms with Crippen LogP contribution in [0.15, 0.2) is 0 Å². The van der Waals surface area contributed by atoms with Crippen molar-refractivity contribution in [3.05, 3.63) is 0 Å². The number of hydrogen-bond acceptors (Lipinski definition) is 2. The molecule has 2 unspecified atom stereocenters. The lowest BCUT2D eigenvalue weighted by Gasteiger charge is -2.46. The highest BCUT2D eigenvalue weighted by Gasteiger charge is 2.34. The molecule has 1 aliphatic heterocycles. The van der Waals surface area contributed by atoms with Crippen molar-refractivity contribution in [3.8, 4) is 12.3 Å². The minimum absolute atomic E-state index is 0.130. The molecule has 1 rings (SSSR count). The SMILES string of the molecule is C#CC(C)(C)N1CC(C(C)C)NCC1C. The Morgan fingerprint density at radius 1 is 1.47 bits per heavy atom. The number of nitrogens with zero attached hydrogens (tertiary/aromatic N) is 1. The summed E-state index contributed by atoms with van der Waals surface area (Å²) in [5.41, 5.74) is -0.130. The second-order valence-corrected chi connectivity index (χ2v) is 5.46. The molecule has 1 aliphatic rings. The summed E-state index contributed by atoms with van der Waals surface area (Å²) in [5, 5.41) is 3.58. The zero-order valence-corrected chi connectivity index (χ0v) is 10.7. The molecule has 0 aromatic carbocycles. The minimum Gasteiger partial charge on any atom is -0.311 e. The van der Waals surface area contributed by atoms with E-state index in [1.807, 2.05) is 0 Å². The minimum atomic E-state index is -0.130. The van der Waals surface area contributed by atoms with Crippen LogP contribution in [-0.2, 0) is 0 Å². The van der Waals surface area contributed by atoms with E-state index in [1.165, 1.54) is 0 Å². The van der Waals surface area contributed by atoms with Gasteiger partial charge in [0.25, 0.3) is 0 Å². The standard InChI is InChI=1S/C13H24N2/c1-7-13(5,6)15-9-12(10(2)3)14-8-11(15)4/h1,10-12,14H,8-9H2,2-6H3. The largest absolute Gasteiger partial charge is 0.311 e. The molecule has 0 spiro atoms. The molecule has 86 valence electrons. The first-order chi connectivity index (χ1) is 6.88. The van der Waals surface area contributed by atoms with Crippen molar-refractivity contribution in [2.45, 2.75) is 52.2 Å². The fraction of sp³-hybridized carbons (Fsp3) is 0.846. The van der Waals surface area contributed by atoms with E-state index >= 15 is 0 Å². The summed E-state index contributed by atoms with van der Waals surface area (Å²) in [4.78, 5) is 2.44. The van der Waals surface area contributed by atoms with Crippen molar-refractivity contribution < 1.29 is 0 Å². The average Bonchev–Trinajstić information content (AvgIpc) is 2.17. The van der Waals surface area contributed by atoms with Gasteiger partial charge in [-0.2, -0.15) is 0 Å². The molecule has 2 atom stereocenters. The molecule has 0 amide bonds. The van der Waals surface area contributed by atoms with Gasteiger partial charge in [-0.3, -0.25) is 4.90 Å². The van der Waals surface area contributed by atoms with Gasteiger partial charge >= 0.3 is 0 Å². The summed E-state index contributed by atoms with van der Waals surface area (Å²) in [6.07, 6.45) is 5.61. The first kappa shape index (κ1) is 12.5. The molecule has 2 heteroatoms. The van der Waals surface area contributed by atoms with Crippen molar-refractivity contribution in [1.29, 1.82) is 0 Å². The Hall–Kier alpha value is -0.520. The third-order valence-electron chi connectivity index (χ3n) is 3.48. The summed E-state index contributed by atoms with van der Waals surface area (Å²) >= 11 is 0. The molecule has 15 heavy (non-hydrogen) atoms. The number of terminal acetylenes is 1. The van der Waals surface area contributed by atoms with Gasteiger partial charge in [0.05, 0.1) is 5.54 Å². The molecule has 1 heterocycles. The van der Waals surface area contributed by atoms with Gasteiger partial charge < -0.3 is 5.32 Å². The quantitative estimate of drug-likeness (QED) is 0.695. The molecule has 0 saturated carbocycles. The summed E-state index contributed by atoms with van der Waals surface area (Å²) in [5.74, 6) is 3.56. The van der Waals surface area contributed by atoms with E-state index in [-0.39, 0.29) is 5.54 Å². The lowest BCUT2D eigenvalue weighted by atomic mass is 9.94. The third-order valence-corrected chi connectivity index (χ3v) is 3.48. The Bertz CT molecular complexity index is 250. The third kappa shape index (κ3) is 2.74. The molecular formula is C13H24N2. The Labute approximate surface area is 94.4 Å². The van der Waals surface area contributed by atoms with E-state index < -0.39 is 0 Å². The van der Waals surface area contributed by atoms with Crippen LogP contribution >= 0.6 is 0 Å². The average molecular weight is 208 g/mol. The van der Waals surface area contributed by atoms with Gasteiger partial charge in [0, 0.05) is 25.2 Å². The van der Waals surface area contributed by atoms with Crippen molar-refractivity contribution >= 4 is 0 Å². The van der Waals surface area contributed by atoms with Crippen LogP contribution in [0, 0.1) is 18.3 Å². The highest BCUT2D eigenvalue weighted by atomic mass is 15.3.